The van der Waals surface area contributed by atoms with E-state index in [-0.39, 0.29) is 23.3 Å². The molecule has 3 heterocycles. The first-order valence-electron chi connectivity index (χ1n) is 10.1. The highest BCUT2D eigenvalue weighted by Crippen LogP contribution is 2.45. The summed E-state index contributed by atoms with van der Waals surface area (Å²) in [7, 11) is 0. The van der Waals surface area contributed by atoms with Crippen molar-refractivity contribution in [2.24, 2.45) is 11.3 Å². The van der Waals surface area contributed by atoms with E-state index in [1.54, 1.807) is 0 Å². The van der Waals surface area contributed by atoms with Crippen molar-refractivity contribution in [2.45, 2.75) is 32.6 Å². The lowest BCUT2D eigenvalue weighted by atomic mass is 9.71. The number of amides is 3. The molecule has 6 heteroatoms. The molecule has 6 nitrogen and oxygen atoms in total. The number of nitrogens with one attached hydrogen (secondary N) is 1. The van der Waals surface area contributed by atoms with Crippen molar-refractivity contribution in [3.63, 3.8) is 0 Å². The van der Waals surface area contributed by atoms with Crippen LogP contribution in [0.5, 0.6) is 0 Å². The maximum atomic E-state index is 13.2. The maximum absolute atomic E-state index is 13.2. The van der Waals surface area contributed by atoms with Gasteiger partial charge in [-0.05, 0) is 44.7 Å². The third-order valence-electron chi connectivity index (χ3n) is 6.44. The Hall–Kier alpha value is -2.08. The first-order chi connectivity index (χ1) is 13.1. The van der Waals surface area contributed by atoms with Crippen LogP contribution in [0.1, 0.15) is 31.2 Å². The molecule has 0 bridgehead atoms. The van der Waals surface area contributed by atoms with Crippen LogP contribution < -0.4 is 5.32 Å². The molecule has 146 valence electrons. The lowest BCUT2D eigenvalue weighted by Gasteiger charge is -2.38. The summed E-state index contributed by atoms with van der Waals surface area (Å²) in [6, 6.07) is 7.70. The predicted molar refractivity (Wildman–Crippen MR) is 104 cm³/mol. The number of ether oxygens (including phenoxy) is 1. The molecule has 3 aliphatic heterocycles. The Morgan fingerprint density at radius 1 is 1.07 bits per heavy atom. The third kappa shape index (κ3) is 3.68. The summed E-state index contributed by atoms with van der Waals surface area (Å²) in [5.41, 5.74) is 1.82. The number of aryl methyl sites for hydroxylation is 1. The van der Waals surface area contributed by atoms with E-state index in [1.165, 1.54) is 0 Å². The van der Waals surface area contributed by atoms with E-state index in [9.17, 15) is 9.59 Å². The number of urea groups is 1. The Morgan fingerprint density at radius 2 is 1.74 bits per heavy atom. The summed E-state index contributed by atoms with van der Waals surface area (Å²) in [4.78, 5) is 29.9. The van der Waals surface area contributed by atoms with Crippen molar-refractivity contribution in [3.05, 3.63) is 29.8 Å². The maximum Gasteiger partial charge on any atom is 0.321 e. The molecule has 0 radical (unpaired) electrons. The molecule has 27 heavy (non-hydrogen) atoms. The van der Waals surface area contributed by atoms with Crippen molar-refractivity contribution in [1.82, 2.24) is 9.80 Å². The van der Waals surface area contributed by atoms with Gasteiger partial charge in [0.25, 0.3) is 0 Å². The van der Waals surface area contributed by atoms with Crippen molar-refractivity contribution >= 4 is 17.6 Å². The number of carbonyl (C=O) groups is 2. The van der Waals surface area contributed by atoms with E-state index in [0.29, 0.717) is 26.3 Å². The summed E-state index contributed by atoms with van der Waals surface area (Å²) in [5.74, 6) is 0.128. The number of carbonyl (C=O) groups excluding carboxylic acids is 2. The Bertz CT molecular complexity index is 691. The molecule has 0 aliphatic carbocycles. The molecule has 3 aliphatic rings. The zero-order chi connectivity index (χ0) is 18.9. The topological polar surface area (TPSA) is 61.9 Å². The largest absolute Gasteiger partial charge is 0.381 e. The van der Waals surface area contributed by atoms with Crippen LogP contribution in [0.15, 0.2) is 24.3 Å². The van der Waals surface area contributed by atoms with Crippen molar-refractivity contribution in [1.29, 1.82) is 0 Å². The van der Waals surface area contributed by atoms with Gasteiger partial charge in [0.05, 0.1) is 5.92 Å². The molecule has 3 amide bonds. The molecular weight excluding hydrogens is 342 g/mol. The first-order valence-corrected chi connectivity index (χ1v) is 10.1. The van der Waals surface area contributed by atoms with Gasteiger partial charge in [0.1, 0.15) is 0 Å². The van der Waals surface area contributed by atoms with E-state index in [0.717, 1.165) is 50.0 Å². The lowest BCUT2D eigenvalue weighted by molar-refractivity contribution is -0.139. The quantitative estimate of drug-likeness (QED) is 0.870. The lowest BCUT2D eigenvalue weighted by Crippen LogP contribution is -2.45. The van der Waals surface area contributed by atoms with Gasteiger partial charge in [-0.2, -0.15) is 0 Å². The number of hydrogen-bond donors (Lipinski definition) is 1. The molecule has 3 fully saturated rings. The minimum Gasteiger partial charge on any atom is -0.381 e. The summed E-state index contributed by atoms with van der Waals surface area (Å²) in [5, 5.41) is 2.99. The number of likely N-dealkylation sites (tertiary alicyclic amines) is 2. The minimum absolute atomic E-state index is 0.108. The number of benzene rings is 1. The van der Waals surface area contributed by atoms with Crippen LogP contribution in [-0.2, 0) is 9.53 Å². The van der Waals surface area contributed by atoms with E-state index in [1.807, 2.05) is 41.0 Å². The number of rotatable bonds is 2. The average molecular weight is 371 g/mol. The summed E-state index contributed by atoms with van der Waals surface area (Å²) < 4.78 is 5.57. The SMILES string of the molecule is Cc1ccc(NC(=O)N2C[C@H](C(=O)N3CCCC3)C3(CCOCC3)C2)cc1. The van der Waals surface area contributed by atoms with E-state index in [4.69, 9.17) is 4.74 Å². The summed E-state index contributed by atoms with van der Waals surface area (Å²) in [6.07, 6.45) is 3.88. The molecule has 3 saturated heterocycles. The summed E-state index contributed by atoms with van der Waals surface area (Å²) >= 11 is 0. The van der Waals surface area contributed by atoms with Gasteiger partial charge in [-0.25, -0.2) is 4.79 Å². The second kappa shape index (κ2) is 7.50. The van der Waals surface area contributed by atoms with Crippen LogP contribution in [0.4, 0.5) is 10.5 Å². The second-order valence-corrected chi connectivity index (χ2v) is 8.24. The molecule has 0 unspecified atom stereocenters. The van der Waals surface area contributed by atoms with Gasteiger partial charge in [-0.3, -0.25) is 4.79 Å². The van der Waals surface area contributed by atoms with Gasteiger partial charge in [0, 0.05) is 50.5 Å². The van der Waals surface area contributed by atoms with E-state index >= 15 is 0 Å². The fourth-order valence-corrected chi connectivity index (χ4v) is 4.75. The van der Waals surface area contributed by atoms with Gasteiger partial charge in [0.15, 0.2) is 0 Å². The van der Waals surface area contributed by atoms with Gasteiger partial charge in [0.2, 0.25) is 5.91 Å². The number of hydrogen-bond acceptors (Lipinski definition) is 3. The van der Waals surface area contributed by atoms with Gasteiger partial charge in [-0.1, -0.05) is 17.7 Å². The van der Waals surface area contributed by atoms with Gasteiger partial charge >= 0.3 is 6.03 Å². The van der Waals surface area contributed by atoms with Crippen LogP contribution in [0.2, 0.25) is 0 Å². The predicted octanol–water partition coefficient (Wildman–Crippen LogP) is 2.88. The average Bonchev–Trinajstić information content (AvgIpc) is 3.33. The van der Waals surface area contributed by atoms with E-state index < -0.39 is 0 Å². The minimum atomic E-state index is -0.136. The highest BCUT2D eigenvalue weighted by Gasteiger charge is 2.52. The van der Waals surface area contributed by atoms with E-state index in [2.05, 4.69) is 5.32 Å². The van der Waals surface area contributed by atoms with Crippen LogP contribution >= 0.6 is 0 Å². The highest BCUT2D eigenvalue weighted by atomic mass is 16.5. The first kappa shape index (κ1) is 18.3. The van der Waals surface area contributed by atoms with Gasteiger partial charge in [-0.15, -0.1) is 0 Å². The Kier molecular flexibility index (Phi) is 5.08. The molecule has 0 saturated carbocycles. The Labute approximate surface area is 160 Å². The molecule has 4 rings (SSSR count). The molecule has 1 N–H and O–H groups in total. The number of anilines is 1. The van der Waals surface area contributed by atoms with Crippen LogP contribution in [0, 0.1) is 18.3 Å². The normalized spacial score (nSPS) is 24.4. The molecular formula is C21H29N3O3. The molecule has 1 atom stereocenters. The van der Waals surface area contributed by atoms with Crippen molar-refractivity contribution < 1.29 is 14.3 Å². The fourth-order valence-electron chi connectivity index (χ4n) is 4.75. The van der Waals surface area contributed by atoms with Crippen LogP contribution in [0.25, 0.3) is 0 Å². The van der Waals surface area contributed by atoms with Crippen LogP contribution in [-0.4, -0.2) is 61.1 Å². The standard InChI is InChI=1S/C21H29N3O3/c1-16-4-6-17(7-5-16)22-20(26)24-14-18(19(25)23-10-2-3-11-23)21(15-24)8-12-27-13-9-21/h4-7,18H,2-3,8-15H2,1H3,(H,22,26)/t18-/m1/s1. The molecule has 0 aromatic heterocycles. The zero-order valence-corrected chi connectivity index (χ0v) is 16.1. The Balaban J connectivity index is 1.50. The molecule has 1 spiro atoms. The fraction of sp³-hybridized carbons (Fsp3) is 0.619. The molecule has 1 aromatic rings. The third-order valence-corrected chi connectivity index (χ3v) is 6.44. The monoisotopic (exact) mass is 371 g/mol. The van der Waals surface area contributed by atoms with Crippen molar-refractivity contribution in [2.75, 3.05) is 44.7 Å². The van der Waals surface area contributed by atoms with Crippen LogP contribution in [0.3, 0.4) is 0 Å². The summed E-state index contributed by atoms with van der Waals surface area (Å²) in [6.45, 7) is 6.24. The van der Waals surface area contributed by atoms with Crippen molar-refractivity contribution in [3.8, 4) is 0 Å². The number of nitrogens with zero attached hydrogens (tertiary/aromatic N) is 2. The highest BCUT2D eigenvalue weighted by molar-refractivity contribution is 5.91. The van der Waals surface area contributed by atoms with Gasteiger partial charge < -0.3 is 19.9 Å². The molecule has 1 aromatic carbocycles. The second-order valence-electron chi connectivity index (χ2n) is 8.24. The zero-order valence-electron chi connectivity index (χ0n) is 16.1. The Morgan fingerprint density at radius 3 is 2.41 bits per heavy atom. The smallest absolute Gasteiger partial charge is 0.321 e.